The Labute approximate surface area is 93.2 Å². The van der Waals surface area contributed by atoms with Crippen LogP contribution in [0.4, 0.5) is 0 Å². The van der Waals surface area contributed by atoms with Crippen molar-refractivity contribution in [1.82, 2.24) is 9.03 Å². The first kappa shape index (κ1) is 14.8. The standard InChI is InChI=1S/C9H23N3O2S/c1-4-12(5-2)15(13,14)11-8-9(3)6-7-10/h9,11H,4-8,10H2,1-3H3. The van der Waals surface area contributed by atoms with Crippen molar-refractivity contribution in [1.29, 1.82) is 0 Å². The molecule has 0 aliphatic rings. The average molecular weight is 237 g/mol. The van der Waals surface area contributed by atoms with Gasteiger partial charge in [-0.2, -0.15) is 12.7 Å². The molecule has 1 atom stereocenters. The van der Waals surface area contributed by atoms with Crippen molar-refractivity contribution in [3.05, 3.63) is 0 Å². The van der Waals surface area contributed by atoms with Gasteiger partial charge in [0.1, 0.15) is 0 Å². The van der Waals surface area contributed by atoms with E-state index in [0.29, 0.717) is 26.2 Å². The van der Waals surface area contributed by atoms with Crippen LogP contribution >= 0.6 is 0 Å². The van der Waals surface area contributed by atoms with Crippen molar-refractivity contribution >= 4 is 10.2 Å². The predicted octanol–water partition coefficient (Wildman–Crippen LogP) is 0.148. The summed E-state index contributed by atoms with van der Waals surface area (Å²) in [5, 5.41) is 0. The molecule has 15 heavy (non-hydrogen) atoms. The highest BCUT2D eigenvalue weighted by molar-refractivity contribution is 7.87. The van der Waals surface area contributed by atoms with E-state index in [1.807, 2.05) is 20.8 Å². The topological polar surface area (TPSA) is 75.4 Å². The Kier molecular flexibility index (Phi) is 7.08. The van der Waals surface area contributed by atoms with Crippen LogP contribution in [0.3, 0.4) is 0 Å². The maximum Gasteiger partial charge on any atom is 0.279 e. The number of rotatable bonds is 8. The molecule has 0 aliphatic carbocycles. The van der Waals surface area contributed by atoms with Crippen LogP contribution in [0.15, 0.2) is 0 Å². The molecular weight excluding hydrogens is 214 g/mol. The number of nitrogens with zero attached hydrogens (tertiary/aromatic N) is 1. The molecule has 0 aromatic heterocycles. The van der Waals surface area contributed by atoms with Gasteiger partial charge in [-0.25, -0.2) is 4.72 Å². The lowest BCUT2D eigenvalue weighted by Gasteiger charge is -2.20. The summed E-state index contributed by atoms with van der Waals surface area (Å²) in [6.07, 6.45) is 0.834. The monoisotopic (exact) mass is 237 g/mol. The van der Waals surface area contributed by atoms with Crippen molar-refractivity contribution < 1.29 is 8.42 Å². The second-order valence-corrected chi connectivity index (χ2v) is 5.38. The molecule has 0 rings (SSSR count). The Hall–Kier alpha value is -0.170. The zero-order valence-corrected chi connectivity index (χ0v) is 10.7. The minimum absolute atomic E-state index is 0.278. The van der Waals surface area contributed by atoms with Crippen molar-refractivity contribution in [3.8, 4) is 0 Å². The highest BCUT2D eigenvalue weighted by atomic mass is 32.2. The van der Waals surface area contributed by atoms with Gasteiger partial charge in [0.2, 0.25) is 0 Å². The van der Waals surface area contributed by atoms with Gasteiger partial charge in [0.25, 0.3) is 10.2 Å². The molecule has 0 radical (unpaired) electrons. The Morgan fingerprint density at radius 3 is 2.27 bits per heavy atom. The molecule has 6 heteroatoms. The van der Waals surface area contributed by atoms with E-state index in [0.717, 1.165) is 6.42 Å². The van der Waals surface area contributed by atoms with E-state index in [4.69, 9.17) is 5.73 Å². The fraction of sp³-hybridized carbons (Fsp3) is 1.00. The van der Waals surface area contributed by atoms with E-state index in [2.05, 4.69) is 4.72 Å². The highest BCUT2D eigenvalue weighted by Gasteiger charge is 2.18. The Morgan fingerprint density at radius 2 is 1.87 bits per heavy atom. The van der Waals surface area contributed by atoms with Gasteiger partial charge in [-0.3, -0.25) is 0 Å². The van der Waals surface area contributed by atoms with E-state index in [-0.39, 0.29) is 5.92 Å². The molecule has 92 valence electrons. The third-order valence-corrected chi connectivity index (χ3v) is 4.05. The van der Waals surface area contributed by atoms with Gasteiger partial charge >= 0.3 is 0 Å². The second kappa shape index (κ2) is 7.16. The summed E-state index contributed by atoms with van der Waals surface area (Å²) < 4.78 is 27.4. The molecular formula is C9H23N3O2S. The van der Waals surface area contributed by atoms with Crippen LogP contribution in [0.5, 0.6) is 0 Å². The first-order chi connectivity index (χ1) is 6.97. The molecule has 5 nitrogen and oxygen atoms in total. The summed E-state index contributed by atoms with van der Waals surface area (Å²) in [5.41, 5.74) is 5.39. The van der Waals surface area contributed by atoms with E-state index < -0.39 is 10.2 Å². The highest BCUT2D eigenvalue weighted by Crippen LogP contribution is 2.01. The van der Waals surface area contributed by atoms with Gasteiger partial charge < -0.3 is 5.73 Å². The van der Waals surface area contributed by atoms with Gasteiger partial charge in [0.15, 0.2) is 0 Å². The molecule has 0 saturated carbocycles. The first-order valence-corrected chi connectivity index (χ1v) is 6.86. The van der Waals surface area contributed by atoms with Crippen molar-refractivity contribution in [2.45, 2.75) is 27.2 Å². The molecule has 0 fully saturated rings. The third-order valence-electron chi connectivity index (χ3n) is 2.32. The number of hydrogen-bond donors (Lipinski definition) is 2. The van der Waals surface area contributed by atoms with Crippen LogP contribution in [0.25, 0.3) is 0 Å². The Balaban J connectivity index is 4.14. The summed E-state index contributed by atoms with van der Waals surface area (Å²) in [6.45, 7) is 7.67. The molecule has 0 amide bonds. The minimum atomic E-state index is -3.29. The minimum Gasteiger partial charge on any atom is -0.330 e. The van der Waals surface area contributed by atoms with Gasteiger partial charge in [-0.1, -0.05) is 20.8 Å². The summed E-state index contributed by atoms with van der Waals surface area (Å²) in [5.74, 6) is 0.278. The first-order valence-electron chi connectivity index (χ1n) is 5.42. The molecule has 0 aromatic carbocycles. The van der Waals surface area contributed by atoms with Crippen LogP contribution < -0.4 is 10.5 Å². The van der Waals surface area contributed by atoms with E-state index in [1.54, 1.807) is 0 Å². The normalized spacial score (nSPS) is 14.5. The smallest absolute Gasteiger partial charge is 0.279 e. The fourth-order valence-electron chi connectivity index (χ4n) is 1.29. The molecule has 3 N–H and O–H groups in total. The van der Waals surface area contributed by atoms with Gasteiger partial charge in [0, 0.05) is 19.6 Å². The van der Waals surface area contributed by atoms with Crippen molar-refractivity contribution in [3.63, 3.8) is 0 Å². The largest absolute Gasteiger partial charge is 0.330 e. The van der Waals surface area contributed by atoms with Gasteiger partial charge in [-0.05, 0) is 18.9 Å². The maximum absolute atomic E-state index is 11.7. The summed E-state index contributed by atoms with van der Waals surface area (Å²) in [7, 11) is -3.29. The van der Waals surface area contributed by atoms with Crippen LogP contribution in [0, 0.1) is 5.92 Å². The molecule has 0 aliphatic heterocycles. The maximum atomic E-state index is 11.7. The molecule has 0 heterocycles. The quantitative estimate of drug-likeness (QED) is 0.631. The third kappa shape index (κ3) is 5.46. The summed E-state index contributed by atoms with van der Waals surface area (Å²) in [6, 6.07) is 0. The van der Waals surface area contributed by atoms with Crippen molar-refractivity contribution in [2.24, 2.45) is 11.7 Å². The van der Waals surface area contributed by atoms with Crippen LogP contribution in [0.2, 0.25) is 0 Å². The summed E-state index contributed by atoms with van der Waals surface area (Å²) >= 11 is 0. The second-order valence-electron chi connectivity index (χ2n) is 3.62. The van der Waals surface area contributed by atoms with E-state index in [1.165, 1.54) is 4.31 Å². The lowest BCUT2D eigenvalue weighted by atomic mass is 10.1. The number of nitrogens with two attached hydrogens (primary N) is 1. The molecule has 0 spiro atoms. The molecule has 0 saturated heterocycles. The molecule has 0 aromatic rings. The average Bonchev–Trinajstić information content (AvgIpc) is 2.17. The molecule has 1 unspecified atom stereocenters. The van der Waals surface area contributed by atoms with Crippen LogP contribution in [-0.2, 0) is 10.2 Å². The number of nitrogens with one attached hydrogen (secondary N) is 1. The SMILES string of the molecule is CCN(CC)S(=O)(=O)NCC(C)CCN. The zero-order valence-electron chi connectivity index (χ0n) is 9.86. The summed E-state index contributed by atoms with van der Waals surface area (Å²) in [4.78, 5) is 0. The predicted molar refractivity (Wildman–Crippen MR) is 62.7 cm³/mol. The molecule has 0 bridgehead atoms. The lowest BCUT2D eigenvalue weighted by Crippen LogP contribution is -2.42. The zero-order chi connectivity index (χ0) is 11.9. The lowest BCUT2D eigenvalue weighted by molar-refractivity contribution is 0.425. The van der Waals surface area contributed by atoms with Gasteiger partial charge in [0.05, 0.1) is 0 Å². The van der Waals surface area contributed by atoms with Crippen molar-refractivity contribution in [2.75, 3.05) is 26.2 Å². The Bertz CT molecular complexity index is 250. The van der Waals surface area contributed by atoms with E-state index in [9.17, 15) is 8.42 Å². The van der Waals surface area contributed by atoms with E-state index >= 15 is 0 Å². The van der Waals surface area contributed by atoms with Crippen LogP contribution in [-0.4, -0.2) is 38.9 Å². The fourth-order valence-corrected chi connectivity index (χ4v) is 2.65. The van der Waals surface area contributed by atoms with Gasteiger partial charge in [-0.15, -0.1) is 0 Å². The number of hydrogen-bond acceptors (Lipinski definition) is 3. The van der Waals surface area contributed by atoms with Crippen LogP contribution in [0.1, 0.15) is 27.2 Å². The Morgan fingerprint density at radius 1 is 1.33 bits per heavy atom.